The quantitative estimate of drug-likeness (QED) is 0.0253. The van der Waals surface area contributed by atoms with Crippen LogP contribution in [0.1, 0.15) is 64.4 Å². The normalized spacial score (nSPS) is 16.5. The number of hydrogen-bond acceptors (Lipinski definition) is 11. The molecule has 1 aliphatic heterocycles. The fourth-order valence-corrected chi connectivity index (χ4v) is 6.19. The van der Waals surface area contributed by atoms with Crippen LogP contribution in [0.2, 0.25) is 0 Å². The summed E-state index contributed by atoms with van der Waals surface area (Å²) in [5, 5.41) is 32.4. The number of aliphatic hydroxyl groups excluding tert-OH is 1. The molecule has 0 saturated carbocycles. The lowest BCUT2D eigenvalue weighted by Crippen LogP contribution is -2.60. The first-order valence-electron chi connectivity index (χ1n) is 19.5. The number of carboxylic acids is 1. The number of carbonyl (C=O) groups is 7. The molecule has 17 N–H and O–H groups in total. The summed E-state index contributed by atoms with van der Waals surface area (Å²) in [5.74, 6) is -6.60. The maximum atomic E-state index is 13.8. The predicted molar refractivity (Wildman–Crippen MR) is 218 cm³/mol. The maximum Gasteiger partial charge on any atom is 0.326 e. The highest BCUT2D eigenvalue weighted by molar-refractivity contribution is 5.96. The van der Waals surface area contributed by atoms with E-state index in [1.807, 2.05) is 6.07 Å². The second kappa shape index (κ2) is 25.4. The first-order valence-corrected chi connectivity index (χ1v) is 19.5. The standard InChI is InChI=1S/C37H61N13O9/c1-3-21(2)29(34(57)50-17-9-14-27(50)35(58)59)49-33(56)26(20-51)48-32(55)25(13-8-16-44-37(41)42)47-31(54)24(12-7-15-43-36(39)40)46-28(52)19-45-30(53)23(38)18-22-10-5-4-6-11-22/h4-6,10-11,21,23-27,29,51H,3,7-9,12-20,38H2,1-2H3,(H,45,53)(H,46,52)(H,47,54)(H,48,55)(H,49,56)(H,58,59)(H4,39,40,43)(H4,41,42,44)/t21-,23-,24-,25-,26-,27-,29-/m0/s1. The Hall–Kier alpha value is -6.03. The van der Waals surface area contributed by atoms with E-state index >= 15 is 0 Å². The van der Waals surface area contributed by atoms with Gasteiger partial charge in [-0.25, -0.2) is 4.79 Å². The average molecular weight is 832 g/mol. The third-order valence-electron chi connectivity index (χ3n) is 9.65. The number of nitrogens with zero attached hydrogens (tertiary/aromatic N) is 3. The topological polar surface area (TPSA) is 378 Å². The summed E-state index contributed by atoms with van der Waals surface area (Å²) in [5.41, 5.74) is 28.5. The van der Waals surface area contributed by atoms with E-state index in [1.54, 1.807) is 38.1 Å². The van der Waals surface area contributed by atoms with Gasteiger partial charge in [-0.2, -0.15) is 0 Å². The number of guanidine groups is 2. The SMILES string of the molecule is CC[C@H](C)[C@H](NC(=O)[C@H](CO)NC(=O)[C@H](CCCN=C(N)N)NC(=O)[C@H](CCCN=C(N)N)NC(=O)CNC(=O)[C@@H](N)Cc1ccccc1)C(=O)N1CCC[C@H]1C(=O)O. The molecule has 2 rings (SSSR count). The van der Waals surface area contributed by atoms with Gasteiger partial charge in [0.1, 0.15) is 30.2 Å². The van der Waals surface area contributed by atoms with Crippen molar-refractivity contribution in [2.75, 3.05) is 32.8 Å². The Morgan fingerprint density at radius 1 is 0.814 bits per heavy atom. The smallest absolute Gasteiger partial charge is 0.326 e. The van der Waals surface area contributed by atoms with E-state index in [4.69, 9.17) is 28.7 Å². The highest BCUT2D eigenvalue weighted by atomic mass is 16.4. The van der Waals surface area contributed by atoms with Gasteiger partial charge >= 0.3 is 5.97 Å². The number of amides is 6. The van der Waals surface area contributed by atoms with E-state index in [1.165, 1.54) is 4.90 Å². The minimum Gasteiger partial charge on any atom is -0.480 e. The molecule has 22 heteroatoms. The molecule has 1 heterocycles. The zero-order valence-corrected chi connectivity index (χ0v) is 33.6. The summed E-state index contributed by atoms with van der Waals surface area (Å²) in [4.78, 5) is 101. The fraction of sp³-hybridized carbons (Fsp3) is 0.595. The Morgan fingerprint density at radius 2 is 1.36 bits per heavy atom. The van der Waals surface area contributed by atoms with Gasteiger partial charge in [0.25, 0.3) is 0 Å². The van der Waals surface area contributed by atoms with Gasteiger partial charge in [0, 0.05) is 19.6 Å². The van der Waals surface area contributed by atoms with E-state index in [9.17, 15) is 43.8 Å². The van der Waals surface area contributed by atoms with Crippen LogP contribution in [0.15, 0.2) is 40.3 Å². The minimum absolute atomic E-state index is 0.00931. The van der Waals surface area contributed by atoms with E-state index in [0.29, 0.717) is 12.8 Å². The van der Waals surface area contributed by atoms with Gasteiger partial charge in [0.05, 0.1) is 19.2 Å². The molecule has 1 aromatic rings. The molecule has 1 aliphatic rings. The Balaban J connectivity index is 2.23. The van der Waals surface area contributed by atoms with Gasteiger partial charge in [-0.3, -0.25) is 38.8 Å². The molecule has 328 valence electrons. The number of nitrogens with two attached hydrogens (primary N) is 5. The van der Waals surface area contributed by atoms with Crippen molar-refractivity contribution < 1.29 is 43.8 Å². The van der Waals surface area contributed by atoms with Crippen LogP contribution < -0.4 is 55.3 Å². The highest BCUT2D eigenvalue weighted by Crippen LogP contribution is 2.21. The number of aliphatic carboxylic acids is 1. The van der Waals surface area contributed by atoms with Gasteiger partial charge in [-0.05, 0) is 56.4 Å². The van der Waals surface area contributed by atoms with Gasteiger partial charge in [0.15, 0.2) is 11.9 Å². The number of aliphatic hydroxyl groups is 1. The second-order valence-corrected chi connectivity index (χ2v) is 14.2. The van der Waals surface area contributed by atoms with Gasteiger partial charge in [0.2, 0.25) is 35.4 Å². The van der Waals surface area contributed by atoms with Crippen molar-refractivity contribution in [1.82, 2.24) is 31.5 Å². The molecular weight excluding hydrogens is 770 g/mol. The molecule has 22 nitrogen and oxygen atoms in total. The van der Waals surface area contributed by atoms with Crippen molar-refractivity contribution in [3.05, 3.63) is 35.9 Å². The molecular formula is C37H61N13O9. The van der Waals surface area contributed by atoms with Gasteiger partial charge < -0.3 is 70.4 Å². The summed E-state index contributed by atoms with van der Waals surface area (Å²) in [6, 6.07) is 1.64. The number of nitrogens with one attached hydrogen (secondary N) is 5. The second-order valence-electron chi connectivity index (χ2n) is 14.2. The minimum atomic E-state index is -1.60. The Labute approximate surface area is 342 Å². The number of rotatable bonds is 25. The van der Waals surface area contributed by atoms with E-state index in [2.05, 4.69) is 36.6 Å². The lowest BCUT2D eigenvalue weighted by atomic mass is 9.97. The summed E-state index contributed by atoms with van der Waals surface area (Å²) in [6.45, 7) is 2.40. The monoisotopic (exact) mass is 831 g/mol. The number of likely N-dealkylation sites (tertiary alicyclic amines) is 1. The molecule has 0 bridgehead atoms. The summed E-state index contributed by atoms with van der Waals surface area (Å²) >= 11 is 0. The lowest BCUT2D eigenvalue weighted by molar-refractivity contribution is -0.150. The zero-order chi connectivity index (χ0) is 44.1. The highest BCUT2D eigenvalue weighted by Gasteiger charge is 2.40. The number of aliphatic imine (C=N–C) groups is 2. The predicted octanol–water partition coefficient (Wildman–Crippen LogP) is -4.17. The fourth-order valence-electron chi connectivity index (χ4n) is 6.19. The molecule has 0 aliphatic carbocycles. The average Bonchev–Trinajstić information content (AvgIpc) is 3.70. The Kier molecular flexibility index (Phi) is 21.1. The third-order valence-corrected chi connectivity index (χ3v) is 9.65. The zero-order valence-electron chi connectivity index (χ0n) is 33.6. The van der Waals surface area contributed by atoms with Crippen LogP contribution >= 0.6 is 0 Å². The molecule has 1 fully saturated rings. The summed E-state index contributed by atoms with van der Waals surface area (Å²) in [7, 11) is 0. The van der Waals surface area contributed by atoms with Crippen LogP contribution in [0.4, 0.5) is 0 Å². The molecule has 0 unspecified atom stereocenters. The first kappa shape index (κ1) is 49.1. The van der Waals surface area contributed by atoms with Crippen LogP contribution in [-0.4, -0.2) is 137 Å². The lowest BCUT2D eigenvalue weighted by Gasteiger charge is -2.31. The molecule has 6 amide bonds. The summed E-state index contributed by atoms with van der Waals surface area (Å²) in [6.07, 6.45) is 1.67. The van der Waals surface area contributed by atoms with Crippen molar-refractivity contribution in [3.63, 3.8) is 0 Å². The molecule has 1 aromatic carbocycles. The van der Waals surface area contributed by atoms with Gasteiger partial charge in [-0.15, -0.1) is 0 Å². The number of hydrogen-bond donors (Lipinski definition) is 12. The Bertz CT molecular complexity index is 1640. The summed E-state index contributed by atoms with van der Waals surface area (Å²) < 4.78 is 0. The largest absolute Gasteiger partial charge is 0.480 e. The maximum absolute atomic E-state index is 13.8. The number of carbonyl (C=O) groups excluding carboxylic acids is 6. The molecule has 59 heavy (non-hydrogen) atoms. The molecule has 1 saturated heterocycles. The van der Waals surface area contributed by atoms with Gasteiger partial charge in [-0.1, -0.05) is 50.6 Å². The molecule has 7 atom stereocenters. The van der Waals surface area contributed by atoms with E-state index in [0.717, 1.165) is 5.56 Å². The van der Waals surface area contributed by atoms with Crippen molar-refractivity contribution in [2.45, 2.75) is 101 Å². The van der Waals surface area contributed by atoms with E-state index < -0.39 is 96.7 Å². The number of benzene rings is 1. The van der Waals surface area contributed by atoms with Crippen molar-refractivity contribution >= 4 is 53.3 Å². The number of carboxylic acid groups (broad SMARTS) is 1. The Morgan fingerprint density at radius 3 is 1.88 bits per heavy atom. The van der Waals surface area contributed by atoms with Crippen molar-refractivity contribution in [2.24, 2.45) is 44.6 Å². The van der Waals surface area contributed by atoms with Crippen molar-refractivity contribution in [1.29, 1.82) is 0 Å². The van der Waals surface area contributed by atoms with Crippen LogP contribution in [0.25, 0.3) is 0 Å². The van der Waals surface area contributed by atoms with Crippen LogP contribution in [0, 0.1) is 5.92 Å². The third kappa shape index (κ3) is 17.2. The molecule has 0 radical (unpaired) electrons. The van der Waals surface area contributed by atoms with Crippen molar-refractivity contribution in [3.8, 4) is 0 Å². The molecule has 0 aromatic heterocycles. The first-order chi connectivity index (χ1) is 28.0. The molecule has 0 spiro atoms. The van der Waals surface area contributed by atoms with Crippen LogP contribution in [-0.2, 0) is 40.0 Å². The van der Waals surface area contributed by atoms with E-state index in [-0.39, 0.29) is 70.1 Å². The van der Waals surface area contributed by atoms with Crippen LogP contribution in [0.5, 0.6) is 0 Å². The van der Waals surface area contributed by atoms with Crippen LogP contribution in [0.3, 0.4) is 0 Å².